The lowest BCUT2D eigenvalue weighted by Gasteiger charge is -2.03. The van der Waals surface area contributed by atoms with Gasteiger partial charge in [0.2, 0.25) is 0 Å². The number of hydrogen-bond acceptors (Lipinski definition) is 3. The Morgan fingerprint density at radius 1 is 1.24 bits per heavy atom. The van der Waals surface area contributed by atoms with E-state index in [2.05, 4.69) is 4.72 Å². The van der Waals surface area contributed by atoms with Crippen molar-refractivity contribution in [2.45, 2.75) is 11.3 Å². The number of anilines is 1. The molecule has 1 aliphatic heterocycles. The van der Waals surface area contributed by atoms with Crippen molar-refractivity contribution >= 4 is 26.5 Å². The second-order valence-corrected chi connectivity index (χ2v) is 5.73. The van der Waals surface area contributed by atoms with Gasteiger partial charge in [-0.3, -0.25) is 4.72 Å². The van der Waals surface area contributed by atoms with Crippen molar-refractivity contribution in [1.82, 2.24) is 0 Å². The van der Waals surface area contributed by atoms with Gasteiger partial charge in [0.1, 0.15) is 0 Å². The first kappa shape index (κ1) is 10.6. The quantitative estimate of drug-likeness (QED) is 0.847. The second kappa shape index (κ2) is 3.45. The summed E-state index contributed by atoms with van der Waals surface area (Å²) in [4.78, 5) is 0.314. The molecule has 0 amide bonds. The van der Waals surface area contributed by atoms with Crippen LogP contribution in [0.2, 0.25) is 0 Å². The van der Waals surface area contributed by atoms with Gasteiger partial charge < -0.3 is 5.11 Å². The van der Waals surface area contributed by atoms with Crippen LogP contribution in [0.1, 0.15) is 5.56 Å². The van der Waals surface area contributed by atoms with E-state index in [-0.39, 0.29) is 6.61 Å². The van der Waals surface area contributed by atoms with Crippen LogP contribution in [0.4, 0.5) is 5.69 Å². The third-order valence-corrected chi connectivity index (χ3v) is 4.32. The number of nitrogens with one attached hydrogen (secondary N) is 1. The van der Waals surface area contributed by atoms with Crippen molar-refractivity contribution in [2.24, 2.45) is 0 Å². The topological polar surface area (TPSA) is 66.4 Å². The molecule has 2 aromatic rings. The van der Waals surface area contributed by atoms with E-state index in [1.165, 1.54) is 0 Å². The van der Waals surface area contributed by atoms with Crippen LogP contribution < -0.4 is 4.72 Å². The molecule has 0 spiro atoms. The molecule has 0 bridgehead atoms. The fraction of sp³-hybridized carbons (Fsp3) is 0.167. The maximum Gasteiger partial charge on any atom is 0.262 e. The first-order chi connectivity index (χ1) is 8.12. The summed E-state index contributed by atoms with van der Waals surface area (Å²) >= 11 is 0. The van der Waals surface area contributed by atoms with Crippen molar-refractivity contribution in [2.75, 3.05) is 11.3 Å². The summed E-state index contributed by atoms with van der Waals surface area (Å²) in [6.07, 6.45) is 0.461. The first-order valence-electron chi connectivity index (χ1n) is 5.31. The average Bonchev–Trinajstić information content (AvgIpc) is 2.53. The monoisotopic (exact) mass is 249 g/mol. The van der Waals surface area contributed by atoms with Crippen LogP contribution >= 0.6 is 0 Å². The van der Waals surface area contributed by atoms with Crippen LogP contribution in [0.5, 0.6) is 0 Å². The van der Waals surface area contributed by atoms with Crippen LogP contribution in [0.15, 0.2) is 35.2 Å². The predicted octanol–water partition coefficient (Wildman–Crippen LogP) is 1.49. The molecule has 0 aromatic heterocycles. The molecule has 0 aliphatic carbocycles. The predicted molar refractivity (Wildman–Crippen MR) is 65.5 cm³/mol. The molecule has 17 heavy (non-hydrogen) atoms. The number of aliphatic hydroxyl groups excluding tert-OH is 1. The standard InChI is InChI=1S/C12H11NO3S/c14-5-4-8-6-9-2-1-3-10-12(9)11(7-8)17(15,16)13-10/h1-3,6-7,13-14H,4-5H2. The summed E-state index contributed by atoms with van der Waals surface area (Å²) in [5, 5.41) is 10.6. The molecule has 0 radical (unpaired) electrons. The molecule has 4 nitrogen and oxygen atoms in total. The molecular formula is C12H11NO3S. The van der Waals surface area contributed by atoms with Crippen LogP contribution in [-0.2, 0) is 16.4 Å². The molecule has 0 atom stereocenters. The van der Waals surface area contributed by atoms with Crippen molar-refractivity contribution in [3.05, 3.63) is 35.9 Å². The lowest BCUT2D eigenvalue weighted by molar-refractivity contribution is 0.299. The highest BCUT2D eigenvalue weighted by atomic mass is 32.2. The Morgan fingerprint density at radius 3 is 2.82 bits per heavy atom. The number of rotatable bonds is 2. The van der Waals surface area contributed by atoms with Crippen molar-refractivity contribution in [3.63, 3.8) is 0 Å². The van der Waals surface area contributed by atoms with E-state index < -0.39 is 10.0 Å². The summed E-state index contributed by atoms with van der Waals surface area (Å²) in [5.41, 5.74) is 1.47. The summed E-state index contributed by atoms with van der Waals surface area (Å²) in [5.74, 6) is 0. The van der Waals surface area contributed by atoms with Crippen LogP contribution in [0, 0.1) is 0 Å². The Hall–Kier alpha value is -1.59. The minimum atomic E-state index is -3.43. The zero-order valence-electron chi connectivity index (χ0n) is 8.97. The van der Waals surface area contributed by atoms with Gasteiger partial charge in [0.15, 0.2) is 0 Å². The fourth-order valence-corrected chi connectivity index (χ4v) is 3.59. The van der Waals surface area contributed by atoms with Crippen LogP contribution in [-0.4, -0.2) is 20.1 Å². The number of aliphatic hydroxyl groups is 1. The fourth-order valence-electron chi connectivity index (χ4n) is 2.22. The highest BCUT2D eigenvalue weighted by Gasteiger charge is 2.27. The van der Waals surface area contributed by atoms with Crippen molar-refractivity contribution in [3.8, 4) is 0 Å². The number of hydrogen-bond donors (Lipinski definition) is 2. The maximum absolute atomic E-state index is 11.9. The number of sulfonamides is 1. The molecule has 2 N–H and O–H groups in total. The molecule has 0 fully saturated rings. The van der Waals surface area contributed by atoms with Crippen LogP contribution in [0.3, 0.4) is 0 Å². The molecule has 0 saturated heterocycles. The summed E-state index contributed by atoms with van der Waals surface area (Å²) in [6, 6.07) is 9.00. The lowest BCUT2D eigenvalue weighted by Crippen LogP contribution is -2.06. The van der Waals surface area contributed by atoms with Crippen LogP contribution in [0.25, 0.3) is 10.8 Å². The zero-order chi connectivity index (χ0) is 12.0. The van der Waals surface area contributed by atoms with E-state index in [9.17, 15) is 8.42 Å². The summed E-state index contributed by atoms with van der Waals surface area (Å²) < 4.78 is 26.4. The lowest BCUT2D eigenvalue weighted by atomic mass is 10.0. The van der Waals surface area contributed by atoms with Gasteiger partial charge >= 0.3 is 0 Å². The maximum atomic E-state index is 11.9. The van der Waals surface area contributed by atoms with Crippen molar-refractivity contribution < 1.29 is 13.5 Å². The Bertz CT molecular complexity index is 707. The molecule has 1 aliphatic rings. The van der Waals surface area contributed by atoms with E-state index in [0.29, 0.717) is 17.0 Å². The molecule has 0 unspecified atom stereocenters. The van der Waals surface area contributed by atoms with Gasteiger partial charge in [0.25, 0.3) is 10.0 Å². The van der Waals surface area contributed by atoms with Gasteiger partial charge in [0, 0.05) is 12.0 Å². The van der Waals surface area contributed by atoms with Gasteiger partial charge in [-0.05, 0) is 29.5 Å². The van der Waals surface area contributed by atoms with E-state index in [0.717, 1.165) is 16.3 Å². The normalized spacial score (nSPS) is 16.1. The van der Waals surface area contributed by atoms with Gasteiger partial charge in [0.05, 0.1) is 10.6 Å². The van der Waals surface area contributed by atoms with E-state index >= 15 is 0 Å². The van der Waals surface area contributed by atoms with Gasteiger partial charge in [-0.15, -0.1) is 0 Å². The summed E-state index contributed by atoms with van der Waals surface area (Å²) in [7, 11) is -3.43. The van der Waals surface area contributed by atoms with E-state index in [1.54, 1.807) is 12.1 Å². The Morgan fingerprint density at radius 2 is 2.06 bits per heavy atom. The molecule has 5 heteroatoms. The zero-order valence-corrected chi connectivity index (χ0v) is 9.79. The SMILES string of the molecule is O=S1(=O)Nc2cccc3cc(CCO)cc1c23. The minimum absolute atomic E-state index is 0.0120. The van der Waals surface area contributed by atoms with Crippen molar-refractivity contribution in [1.29, 1.82) is 0 Å². The third-order valence-electron chi connectivity index (χ3n) is 2.93. The molecule has 3 rings (SSSR count). The molecular weight excluding hydrogens is 238 g/mol. The smallest absolute Gasteiger partial charge is 0.262 e. The van der Waals surface area contributed by atoms with Gasteiger partial charge in [-0.2, -0.15) is 0 Å². The first-order valence-corrected chi connectivity index (χ1v) is 6.79. The Balaban J connectivity index is 2.39. The Labute approximate surface area is 98.9 Å². The van der Waals surface area contributed by atoms with E-state index in [4.69, 9.17) is 5.11 Å². The number of benzene rings is 2. The average molecular weight is 249 g/mol. The highest BCUT2D eigenvalue weighted by Crippen LogP contribution is 2.38. The molecule has 88 valence electrons. The third kappa shape index (κ3) is 1.50. The molecule has 2 aromatic carbocycles. The molecule has 0 saturated carbocycles. The summed E-state index contributed by atoms with van der Waals surface area (Å²) in [6.45, 7) is 0.0120. The van der Waals surface area contributed by atoms with Gasteiger partial charge in [-0.25, -0.2) is 8.42 Å². The largest absolute Gasteiger partial charge is 0.396 e. The Kier molecular flexibility index (Phi) is 2.14. The highest BCUT2D eigenvalue weighted by molar-refractivity contribution is 7.93. The molecule has 1 heterocycles. The van der Waals surface area contributed by atoms with Gasteiger partial charge in [-0.1, -0.05) is 18.2 Å². The second-order valence-electron chi connectivity index (χ2n) is 4.08. The van der Waals surface area contributed by atoms with E-state index in [1.807, 2.05) is 18.2 Å². The minimum Gasteiger partial charge on any atom is -0.396 e.